The SMILES string of the molecule is CC(C)c1nc(C2CCCN(C(=O)NC3CCC(C(=O)O)CC3)C2)no1. The molecule has 1 aromatic heterocycles. The first kappa shape index (κ1) is 18.7. The van der Waals surface area contributed by atoms with Gasteiger partial charge in [-0.05, 0) is 38.5 Å². The second-order valence-corrected chi connectivity index (χ2v) is 7.77. The van der Waals surface area contributed by atoms with Crippen LogP contribution in [0.5, 0.6) is 0 Å². The maximum atomic E-state index is 12.6. The Morgan fingerprint density at radius 3 is 2.58 bits per heavy atom. The summed E-state index contributed by atoms with van der Waals surface area (Å²) < 4.78 is 5.30. The van der Waals surface area contributed by atoms with Crippen LogP contribution in [0.3, 0.4) is 0 Å². The fourth-order valence-corrected chi connectivity index (χ4v) is 3.77. The summed E-state index contributed by atoms with van der Waals surface area (Å²) in [5.41, 5.74) is 0. The van der Waals surface area contributed by atoms with E-state index >= 15 is 0 Å². The zero-order chi connectivity index (χ0) is 18.7. The molecule has 1 aliphatic heterocycles. The van der Waals surface area contributed by atoms with Gasteiger partial charge in [0.15, 0.2) is 5.82 Å². The van der Waals surface area contributed by atoms with Gasteiger partial charge in [0.1, 0.15) is 0 Å². The van der Waals surface area contributed by atoms with Gasteiger partial charge >= 0.3 is 12.0 Å². The Hall–Kier alpha value is -2.12. The fraction of sp³-hybridized carbons (Fsp3) is 0.778. The quantitative estimate of drug-likeness (QED) is 0.850. The molecule has 2 heterocycles. The van der Waals surface area contributed by atoms with Crippen LogP contribution in [-0.4, -0.2) is 51.3 Å². The maximum absolute atomic E-state index is 12.6. The molecule has 1 unspecified atom stereocenters. The van der Waals surface area contributed by atoms with Crippen LogP contribution in [0.1, 0.15) is 75.9 Å². The van der Waals surface area contributed by atoms with Gasteiger partial charge in [0.05, 0.1) is 5.92 Å². The number of carbonyl (C=O) groups excluding carboxylic acids is 1. The van der Waals surface area contributed by atoms with E-state index in [0.717, 1.165) is 32.2 Å². The third-order valence-electron chi connectivity index (χ3n) is 5.43. The lowest BCUT2D eigenvalue weighted by molar-refractivity contribution is -0.142. The van der Waals surface area contributed by atoms with Crippen molar-refractivity contribution in [3.63, 3.8) is 0 Å². The van der Waals surface area contributed by atoms with Crippen molar-refractivity contribution in [2.75, 3.05) is 13.1 Å². The van der Waals surface area contributed by atoms with Crippen molar-refractivity contribution in [3.8, 4) is 0 Å². The minimum absolute atomic E-state index is 0.0659. The summed E-state index contributed by atoms with van der Waals surface area (Å²) in [5.74, 6) is 0.629. The summed E-state index contributed by atoms with van der Waals surface area (Å²) in [5, 5.41) is 16.2. The van der Waals surface area contributed by atoms with E-state index in [9.17, 15) is 9.59 Å². The highest BCUT2D eigenvalue weighted by molar-refractivity contribution is 5.75. The van der Waals surface area contributed by atoms with Crippen LogP contribution in [0.2, 0.25) is 0 Å². The largest absolute Gasteiger partial charge is 0.481 e. The van der Waals surface area contributed by atoms with Crippen molar-refractivity contribution in [2.24, 2.45) is 5.92 Å². The van der Waals surface area contributed by atoms with Crippen LogP contribution in [-0.2, 0) is 4.79 Å². The normalized spacial score (nSPS) is 26.7. The van der Waals surface area contributed by atoms with Crippen molar-refractivity contribution < 1.29 is 19.2 Å². The van der Waals surface area contributed by atoms with Crippen molar-refractivity contribution in [2.45, 2.75) is 70.3 Å². The zero-order valence-electron chi connectivity index (χ0n) is 15.5. The molecule has 0 spiro atoms. The lowest BCUT2D eigenvalue weighted by atomic mass is 9.86. The van der Waals surface area contributed by atoms with Gasteiger partial charge in [0, 0.05) is 31.0 Å². The molecule has 1 atom stereocenters. The molecule has 0 radical (unpaired) electrons. The van der Waals surface area contributed by atoms with E-state index in [1.807, 2.05) is 18.7 Å². The molecule has 2 amide bonds. The van der Waals surface area contributed by atoms with Crippen molar-refractivity contribution in [1.29, 1.82) is 0 Å². The minimum Gasteiger partial charge on any atom is -0.481 e. The number of hydrogen-bond donors (Lipinski definition) is 2. The molecule has 144 valence electrons. The van der Waals surface area contributed by atoms with Crippen LogP contribution < -0.4 is 5.32 Å². The number of likely N-dealkylation sites (tertiary alicyclic amines) is 1. The summed E-state index contributed by atoms with van der Waals surface area (Å²) in [6.45, 7) is 5.34. The van der Waals surface area contributed by atoms with Gasteiger partial charge in [0.2, 0.25) is 5.89 Å². The van der Waals surface area contributed by atoms with Crippen LogP contribution >= 0.6 is 0 Å². The Balaban J connectivity index is 1.52. The van der Waals surface area contributed by atoms with E-state index in [4.69, 9.17) is 9.63 Å². The lowest BCUT2D eigenvalue weighted by Gasteiger charge is -2.34. The number of urea groups is 1. The Bertz CT molecular complexity index is 637. The predicted molar refractivity (Wildman–Crippen MR) is 93.8 cm³/mol. The minimum atomic E-state index is -0.727. The standard InChI is InChI=1S/C18H28N4O4/c1-11(2)16-20-15(21-26-16)13-4-3-9-22(10-13)18(25)19-14-7-5-12(6-8-14)17(23)24/h11-14H,3-10H2,1-2H3,(H,19,25)(H,23,24). The van der Waals surface area contributed by atoms with Gasteiger partial charge in [-0.1, -0.05) is 19.0 Å². The van der Waals surface area contributed by atoms with E-state index in [1.165, 1.54) is 0 Å². The number of aromatic nitrogens is 2. The smallest absolute Gasteiger partial charge is 0.317 e. The molecule has 1 saturated carbocycles. The van der Waals surface area contributed by atoms with E-state index in [2.05, 4.69) is 15.5 Å². The number of nitrogens with one attached hydrogen (secondary N) is 1. The zero-order valence-corrected chi connectivity index (χ0v) is 15.5. The number of hydrogen-bond acceptors (Lipinski definition) is 5. The van der Waals surface area contributed by atoms with E-state index in [0.29, 0.717) is 31.1 Å². The highest BCUT2D eigenvalue weighted by Crippen LogP contribution is 2.27. The number of piperidine rings is 1. The van der Waals surface area contributed by atoms with Crippen LogP contribution in [0.15, 0.2) is 4.52 Å². The molecular formula is C18H28N4O4. The van der Waals surface area contributed by atoms with Crippen molar-refractivity contribution in [3.05, 3.63) is 11.7 Å². The first-order valence-electron chi connectivity index (χ1n) is 9.55. The fourth-order valence-electron chi connectivity index (χ4n) is 3.77. The van der Waals surface area contributed by atoms with Gasteiger partial charge < -0.3 is 19.8 Å². The predicted octanol–water partition coefficient (Wildman–Crippen LogP) is 2.73. The third kappa shape index (κ3) is 4.34. The molecule has 2 fully saturated rings. The van der Waals surface area contributed by atoms with Gasteiger partial charge in [0.25, 0.3) is 0 Å². The third-order valence-corrected chi connectivity index (χ3v) is 5.43. The van der Waals surface area contributed by atoms with Gasteiger partial charge in [-0.2, -0.15) is 4.98 Å². The van der Waals surface area contributed by atoms with E-state index in [-0.39, 0.29) is 29.8 Å². The molecule has 0 bridgehead atoms. The average Bonchev–Trinajstić information content (AvgIpc) is 3.13. The second-order valence-electron chi connectivity index (χ2n) is 7.77. The van der Waals surface area contributed by atoms with Gasteiger partial charge in [-0.15, -0.1) is 0 Å². The average molecular weight is 364 g/mol. The number of rotatable bonds is 4. The number of aliphatic carboxylic acids is 1. The number of carboxylic acids is 1. The molecule has 0 aromatic carbocycles. The van der Waals surface area contributed by atoms with Gasteiger partial charge in [-0.3, -0.25) is 4.79 Å². The monoisotopic (exact) mass is 364 g/mol. The maximum Gasteiger partial charge on any atom is 0.317 e. The first-order chi connectivity index (χ1) is 12.4. The molecular weight excluding hydrogens is 336 g/mol. The van der Waals surface area contributed by atoms with E-state index < -0.39 is 5.97 Å². The molecule has 2 aliphatic rings. The Morgan fingerprint density at radius 1 is 1.23 bits per heavy atom. The van der Waals surface area contributed by atoms with Crippen LogP contribution in [0, 0.1) is 5.92 Å². The lowest BCUT2D eigenvalue weighted by Crippen LogP contribution is -2.49. The topological polar surface area (TPSA) is 109 Å². The molecule has 1 aromatic rings. The Kier molecular flexibility index (Phi) is 5.78. The molecule has 1 aliphatic carbocycles. The molecule has 26 heavy (non-hydrogen) atoms. The number of carboxylic acid groups (broad SMARTS) is 1. The molecule has 1 saturated heterocycles. The Labute approximate surface area is 153 Å². The molecule has 3 rings (SSSR count). The first-order valence-corrected chi connectivity index (χ1v) is 9.55. The number of amides is 2. The molecule has 2 N–H and O–H groups in total. The number of nitrogens with zero attached hydrogens (tertiary/aromatic N) is 3. The summed E-state index contributed by atoms with van der Waals surface area (Å²) in [7, 11) is 0. The molecule has 8 heteroatoms. The van der Waals surface area contributed by atoms with E-state index in [1.54, 1.807) is 0 Å². The van der Waals surface area contributed by atoms with Crippen molar-refractivity contribution in [1.82, 2.24) is 20.4 Å². The van der Waals surface area contributed by atoms with Crippen LogP contribution in [0.4, 0.5) is 4.79 Å². The summed E-state index contributed by atoms with van der Waals surface area (Å²) in [4.78, 5) is 29.9. The van der Waals surface area contributed by atoms with Crippen LogP contribution in [0.25, 0.3) is 0 Å². The summed E-state index contributed by atoms with van der Waals surface area (Å²) >= 11 is 0. The molecule has 8 nitrogen and oxygen atoms in total. The number of carbonyl (C=O) groups is 2. The summed E-state index contributed by atoms with van der Waals surface area (Å²) in [6.07, 6.45) is 4.57. The highest BCUT2D eigenvalue weighted by Gasteiger charge is 2.31. The van der Waals surface area contributed by atoms with Gasteiger partial charge in [-0.25, -0.2) is 4.79 Å². The van der Waals surface area contributed by atoms with Crippen molar-refractivity contribution >= 4 is 12.0 Å². The Morgan fingerprint density at radius 2 is 1.96 bits per heavy atom. The second kappa shape index (κ2) is 8.05. The highest BCUT2D eigenvalue weighted by atomic mass is 16.5. The summed E-state index contributed by atoms with van der Waals surface area (Å²) in [6, 6.07) is -0.00255.